The molecule has 0 radical (unpaired) electrons. The van der Waals surface area contributed by atoms with Crippen molar-refractivity contribution in [1.29, 1.82) is 0 Å². The molecule has 0 unspecified atom stereocenters. The lowest BCUT2D eigenvalue weighted by atomic mass is 10.4. The molecule has 2 nitrogen and oxygen atoms in total. The lowest BCUT2D eigenvalue weighted by Crippen LogP contribution is -1.89. The van der Waals surface area contributed by atoms with E-state index in [4.69, 9.17) is 23.2 Å². The number of aromatic nitrogens is 2. The van der Waals surface area contributed by atoms with Gasteiger partial charge in [0.1, 0.15) is 0 Å². The van der Waals surface area contributed by atoms with Crippen molar-refractivity contribution in [2.45, 2.75) is 10.6 Å². The van der Waals surface area contributed by atoms with Gasteiger partial charge in [0.05, 0.1) is 5.69 Å². The monoisotopic (exact) mass is 270 g/mol. The maximum atomic E-state index is 5.80. The molecule has 16 heavy (non-hydrogen) atoms. The molecule has 0 aliphatic rings. The van der Waals surface area contributed by atoms with Crippen molar-refractivity contribution in [3.63, 3.8) is 0 Å². The number of rotatable bonds is 3. The van der Waals surface area contributed by atoms with Crippen molar-refractivity contribution in [3.8, 4) is 0 Å². The van der Waals surface area contributed by atoms with Crippen molar-refractivity contribution in [1.82, 2.24) is 10.2 Å². The summed E-state index contributed by atoms with van der Waals surface area (Å²) in [7, 11) is 0. The van der Waals surface area contributed by atoms with Gasteiger partial charge in [-0.2, -0.15) is 5.10 Å². The molecule has 1 aromatic carbocycles. The second kappa shape index (κ2) is 5.53. The molecule has 1 aromatic heterocycles. The first-order valence-corrected chi connectivity index (χ1v) is 6.35. The lowest BCUT2D eigenvalue weighted by Gasteiger charge is -2.00. The Morgan fingerprint density at radius 2 is 1.69 bits per heavy atom. The fourth-order valence-corrected chi connectivity index (χ4v) is 2.13. The lowest BCUT2D eigenvalue weighted by molar-refractivity contribution is 0.972. The molecule has 0 aliphatic heterocycles. The molecule has 0 bridgehead atoms. The van der Waals surface area contributed by atoms with Crippen LogP contribution in [0.25, 0.3) is 0 Å². The Morgan fingerprint density at radius 1 is 0.938 bits per heavy atom. The van der Waals surface area contributed by atoms with E-state index in [1.807, 2.05) is 30.3 Å². The van der Waals surface area contributed by atoms with E-state index < -0.39 is 0 Å². The third kappa shape index (κ3) is 3.37. The summed E-state index contributed by atoms with van der Waals surface area (Å²) >= 11 is 13.1. The van der Waals surface area contributed by atoms with Crippen LogP contribution in [0.15, 0.2) is 41.3 Å². The molecule has 0 atom stereocenters. The zero-order chi connectivity index (χ0) is 11.4. The van der Waals surface area contributed by atoms with Gasteiger partial charge in [0.15, 0.2) is 5.15 Å². The Morgan fingerprint density at radius 3 is 2.31 bits per heavy atom. The minimum Gasteiger partial charge on any atom is -0.153 e. The highest BCUT2D eigenvalue weighted by Crippen LogP contribution is 2.23. The Labute approximate surface area is 108 Å². The molecule has 0 amide bonds. The number of halogens is 2. The largest absolute Gasteiger partial charge is 0.153 e. The molecule has 0 spiro atoms. The predicted molar refractivity (Wildman–Crippen MR) is 68.1 cm³/mol. The maximum absolute atomic E-state index is 5.80. The highest BCUT2D eigenvalue weighted by atomic mass is 35.5. The number of hydrogen-bond donors (Lipinski definition) is 0. The highest BCUT2D eigenvalue weighted by molar-refractivity contribution is 7.98. The van der Waals surface area contributed by atoms with Gasteiger partial charge in [0.25, 0.3) is 0 Å². The summed E-state index contributed by atoms with van der Waals surface area (Å²) in [6.07, 6.45) is 0. The summed E-state index contributed by atoms with van der Waals surface area (Å²) < 4.78 is 0. The topological polar surface area (TPSA) is 25.8 Å². The van der Waals surface area contributed by atoms with Crippen molar-refractivity contribution < 1.29 is 0 Å². The van der Waals surface area contributed by atoms with E-state index in [9.17, 15) is 0 Å². The van der Waals surface area contributed by atoms with E-state index in [2.05, 4.69) is 10.2 Å². The van der Waals surface area contributed by atoms with Gasteiger partial charge in [-0.15, -0.1) is 16.9 Å². The number of thioether (sulfide) groups is 1. The molecular formula is C11H8Cl2N2S. The molecule has 1 heterocycles. The zero-order valence-electron chi connectivity index (χ0n) is 8.23. The average Bonchev–Trinajstić information content (AvgIpc) is 2.30. The fourth-order valence-electron chi connectivity index (χ4n) is 1.11. The molecule has 0 aliphatic carbocycles. The maximum Gasteiger partial charge on any atom is 0.151 e. The summed E-state index contributed by atoms with van der Waals surface area (Å²) in [6, 6.07) is 11.3. The van der Waals surface area contributed by atoms with Crippen LogP contribution in [0.5, 0.6) is 0 Å². The quantitative estimate of drug-likeness (QED) is 0.787. The Bertz CT molecular complexity index is 411. The van der Waals surface area contributed by atoms with Gasteiger partial charge < -0.3 is 0 Å². The molecular weight excluding hydrogens is 263 g/mol. The molecule has 0 fully saturated rings. The minimum atomic E-state index is 0.417. The van der Waals surface area contributed by atoms with E-state index in [1.165, 1.54) is 0 Å². The summed E-state index contributed by atoms with van der Waals surface area (Å²) in [5.41, 5.74) is 0.907. The van der Waals surface area contributed by atoms with Crippen molar-refractivity contribution in [3.05, 3.63) is 52.3 Å². The molecule has 2 aromatic rings. The fraction of sp³-hybridized carbons (Fsp3) is 0.0909. The molecule has 82 valence electrons. The smallest absolute Gasteiger partial charge is 0.151 e. The van der Waals surface area contributed by atoms with Crippen LogP contribution in [0.1, 0.15) is 5.69 Å². The highest BCUT2D eigenvalue weighted by Gasteiger charge is 1.98. The van der Waals surface area contributed by atoms with E-state index >= 15 is 0 Å². The van der Waals surface area contributed by atoms with E-state index in [-0.39, 0.29) is 0 Å². The molecule has 0 N–H and O–H groups in total. The predicted octanol–water partition coefficient (Wildman–Crippen LogP) is 4.08. The van der Waals surface area contributed by atoms with Crippen LogP contribution in [0, 0.1) is 0 Å². The number of nitrogens with zero attached hydrogens (tertiary/aromatic N) is 2. The summed E-state index contributed by atoms with van der Waals surface area (Å²) in [5.74, 6) is 0.770. The third-order valence-electron chi connectivity index (χ3n) is 1.89. The Balaban J connectivity index is 1.97. The zero-order valence-corrected chi connectivity index (χ0v) is 10.6. The van der Waals surface area contributed by atoms with Gasteiger partial charge in [-0.3, -0.25) is 0 Å². The van der Waals surface area contributed by atoms with Gasteiger partial charge in [-0.05, 0) is 36.4 Å². The number of hydrogen-bond acceptors (Lipinski definition) is 3. The Kier molecular flexibility index (Phi) is 4.04. The van der Waals surface area contributed by atoms with E-state index in [0.29, 0.717) is 5.15 Å². The first kappa shape index (κ1) is 11.7. The number of benzene rings is 1. The van der Waals surface area contributed by atoms with Crippen LogP contribution in [0.4, 0.5) is 0 Å². The van der Waals surface area contributed by atoms with Crippen LogP contribution in [-0.2, 0) is 5.75 Å². The second-order valence-electron chi connectivity index (χ2n) is 3.09. The van der Waals surface area contributed by atoms with Crippen molar-refractivity contribution in [2.24, 2.45) is 0 Å². The SMILES string of the molecule is Clc1ccc(SCc2ccc(Cl)nn2)cc1. The van der Waals surface area contributed by atoms with Gasteiger partial charge >= 0.3 is 0 Å². The van der Waals surface area contributed by atoms with Crippen LogP contribution in [0.2, 0.25) is 10.2 Å². The van der Waals surface area contributed by atoms with Gasteiger partial charge in [-0.25, -0.2) is 0 Å². The normalized spacial score (nSPS) is 10.4. The van der Waals surface area contributed by atoms with Crippen LogP contribution >= 0.6 is 35.0 Å². The minimum absolute atomic E-state index is 0.417. The summed E-state index contributed by atoms with van der Waals surface area (Å²) in [5, 5.41) is 8.93. The van der Waals surface area contributed by atoms with Crippen LogP contribution < -0.4 is 0 Å². The average molecular weight is 271 g/mol. The molecule has 5 heteroatoms. The molecule has 0 saturated carbocycles. The molecule has 0 saturated heterocycles. The van der Waals surface area contributed by atoms with Gasteiger partial charge in [-0.1, -0.05) is 23.2 Å². The van der Waals surface area contributed by atoms with Gasteiger partial charge in [0.2, 0.25) is 0 Å². The first-order valence-electron chi connectivity index (χ1n) is 4.60. The first-order chi connectivity index (χ1) is 7.74. The van der Waals surface area contributed by atoms with Crippen molar-refractivity contribution in [2.75, 3.05) is 0 Å². The molecule has 2 rings (SSSR count). The van der Waals surface area contributed by atoms with E-state index in [1.54, 1.807) is 17.8 Å². The Hall–Kier alpha value is -0.770. The summed E-state index contributed by atoms with van der Waals surface area (Å²) in [6.45, 7) is 0. The summed E-state index contributed by atoms with van der Waals surface area (Å²) in [4.78, 5) is 1.15. The van der Waals surface area contributed by atoms with Crippen molar-refractivity contribution >= 4 is 35.0 Å². The third-order valence-corrected chi connectivity index (χ3v) is 3.39. The second-order valence-corrected chi connectivity index (χ2v) is 4.96. The van der Waals surface area contributed by atoms with Gasteiger partial charge in [0, 0.05) is 15.7 Å². The van der Waals surface area contributed by atoms with Crippen LogP contribution in [-0.4, -0.2) is 10.2 Å². The standard InChI is InChI=1S/C11H8Cl2N2S/c12-8-1-4-10(5-2-8)16-7-9-3-6-11(13)15-14-9/h1-6H,7H2. The van der Waals surface area contributed by atoms with Crippen LogP contribution in [0.3, 0.4) is 0 Å². The van der Waals surface area contributed by atoms with E-state index in [0.717, 1.165) is 21.4 Å².